The molecule has 2 saturated heterocycles. The van der Waals surface area contributed by atoms with Gasteiger partial charge in [-0.1, -0.05) is 42.5 Å². The van der Waals surface area contributed by atoms with Gasteiger partial charge in [0, 0.05) is 73.1 Å². The minimum Gasteiger partial charge on any atom is -0.486 e. The first kappa shape index (κ1) is 54.2. The number of aldehydes is 1. The van der Waals surface area contributed by atoms with E-state index in [1.165, 1.54) is 4.57 Å². The molecular formula is C60H71N5O10. The van der Waals surface area contributed by atoms with Crippen LogP contribution in [0.2, 0.25) is 0 Å². The molecule has 15 nitrogen and oxygen atoms in total. The highest BCUT2D eigenvalue weighted by atomic mass is 16.7. The van der Waals surface area contributed by atoms with Crippen molar-refractivity contribution in [2.24, 2.45) is 0 Å². The van der Waals surface area contributed by atoms with Gasteiger partial charge in [-0.2, -0.15) is 0 Å². The van der Waals surface area contributed by atoms with Gasteiger partial charge < -0.3 is 52.0 Å². The molecule has 1 amide bonds. The molecular weight excluding hydrogens is 951 g/mol. The smallest absolute Gasteiger partial charge is 0.410 e. The molecule has 0 atom stereocenters. The Hall–Kier alpha value is -7.07. The predicted octanol–water partition coefficient (Wildman–Crippen LogP) is 9.10. The number of piperidine rings is 1. The highest BCUT2D eigenvalue weighted by Gasteiger charge is 2.32. The average molecular weight is 1020 g/mol. The number of likely N-dealkylation sites (tertiary alicyclic amines) is 1. The molecule has 10 rings (SSSR count). The topological polar surface area (TPSA) is 153 Å². The van der Waals surface area contributed by atoms with Gasteiger partial charge in [0.05, 0.1) is 42.9 Å². The highest BCUT2D eigenvalue weighted by Crippen LogP contribution is 2.32. The molecule has 3 aliphatic rings. The summed E-state index contributed by atoms with van der Waals surface area (Å²) in [4.78, 5) is 65.1. The van der Waals surface area contributed by atoms with E-state index in [1.807, 2.05) is 107 Å². The number of hydrogen-bond acceptors (Lipinski definition) is 11. The number of fused-ring (bicyclic) bond motifs is 4. The summed E-state index contributed by atoms with van der Waals surface area (Å²) in [6.45, 7) is 24.0. The van der Waals surface area contributed by atoms with Crippen LogP contribution in [-0.2, 0) is 45.2 Å². The van der Waals surface area contributed by atoms with Gasteiger partial charge in [0.15, 0.2) is 17.8 Å². The summed E-state index contributed by atoms with van der Waals surface area (Å²) in [6.07, 6.45) is 1.82. The standard InChI is InChI=1S/C32H41N3O5.C15H17NO3.C13H13NO2/c1-22-6-8-26-23(2)19-30(36)34(27(26)18-22)15-14-33-12-10-25(11-13-33)35(31(37)40-32(3,4)5)21-24-7-9-28-29(20-24)39-17-16-38-28;1-10-3-4-12-11(2)8-14(17)16(13(12)7-10)9-15-18-5-6-19-15;1-9-3-4-11-10(2)8-13(16)14(5-6-15)12(11)7-9/h6-9,18-20,25H,10-17,21H2,1-5H3;3-4,7-8,15H,5-6,9H2,1-2H3;3-4,6-8H,5H2,1-2H3. The van der Waals surface area contributed by atoms with Crippen molar-refractivity contribution in [3.63, 3.8) is 0 Å². The van der Waals surface area contributed by atoms with Gasteiger partial charge >= 0.3 is 6.09 Å². The maximum atomic E-state index is 13.4. The Bertz CT molecular complexity index is 3390. The molecule has 15 heteroatoms. The molecule has 7 aromatic rings. The monoisotopic (exact) mass is 1020 g/mol. The highest BCUT2D eigenvalue weighted by molar-refractivity contribution is 5.85. The van der Waals surface area contributed by atoms with E-state index in [0.29, 0.717) is 46.1 Å². The molecule has 6 heterocycles. The fourth-order valence-corrected chi connectivity index (χ4v) is 10.1. The molecule has 0 unspecified atom stereocenters. The van der Waals surface area contributed by atoms with Crippen LogP contribution in [0, 0.1) is 41.5 Å². The van der Waals surface area contributed by atoms with Crippen LogP contribution in [-0.4, -0.2) is 99.9 Å². The third-order valence-corrected chi connectivity index (χ3v) is 13.9. The van der Waals surface area contributed by atoms with Crippen LogP contribution < -0.4 is 26.2 Å². The van der Waals surface area contributed by atoms with Crippen molar-refractivity contribution in [3.05, 3.63) is 161 Å². The summed E-state index contributed by atoms with van der Waals surface area (Å²) < 4.78 is 33.3. The third-order valence-electron chi connectivity index (χ3n) is 13.9. The van der Waals surface area contributed by atoms with Gasteiger partial charge in [0.1, 0.15) is 25.1 Å². The molecule has 3 aliphatic heterocycles. The molecule has 0 bridgehead atoms. The van der Waals surface area contributed by atoms with Crippen LogP contribution in [0.15, 0.2) is 105 Å². The average Bonchev–Trinajstić information content (AvgIpc) is 3.89. The van der Waals surface area contributed by atoms with Crippen LogP contribution in [0.25, 0.3) is 32.7 Å². The Morgan fingerprint density at radius 2 is 1.11 bits per heavy atom. The SMILES string of the molecule is Cc1ccc2c(C)cc(=O)n(CC3OCCO3)c2c1.Cc1ccc2c(C)cc(=O)n(CC=O)c2c1.Cc1ccc2c(C)cc(=O)n(CCN3CCC(N(Cc4ccc5c(c4)OCCO5)C(=O)OC(C)(C)C)CC3)c2c1. The lowest BCUT2D eigenvalue weighted by Crippen LogP contribution is -2.49. The molecule has 4 aromatic carbocycles. The summed E-state index contributed by atoms with van der Waals surface area (Å²) in [7, 11) is 0. The first-order valence-electron chi connectivity index (χ1n) is 26.0. The minimum absolute atomic E-state index is 0.00491. The van der Waals surface area contributed by atoms with Gasteiger partial charge in [-0.3, -0.25) is 14.4 Å². The zero-order valence-electron chi connectivity index (χ0n) is 44.9. The second-order valence-corrected chi connectivity index (χ2v) is 20.9. The van der Waals surface area contributed by atoms with Crippen molar-refractivity contribution in [2.75, 3.05) is 46.1 Å². The number of benzene rings is 4. The number of hydrogen-bond donors (Lipinski definition) is 0. The maximum Gasteiger partial charge on any atom is 0.410 e. The number of nitrogens with zero attached hydrogens (tertiary/aromatic N) is 5. The van der Waals surface area contributed by atoms with E-state index in [1.54, 1.807) is 22.8 Å². The van der Waals surface area contributed by atoms with E-state index in [0.717, 1.165) is 122 Å². The van der Waals surface area contributed by atoms with Crippen LogP contribution in [0.4, 0.5) is 4.79 Å². The van der Waals surface area contributed by atoms with Crippen LogP contribution >= 0.6 is 0 Å². The molecule has 2 fully saturated rings. The number of carbonyl (C=O) groups is 2. The second-order valence-electron chi connectivity index (χ2n) is 20.9. The molecule has 3 aromatic heterocycles. The molecule has 0 spiro atoms. The fraction of sp³-hybridized carbons (Fsp3) is 0.417. The number of aryl methyl sites for hydroxylation is 6. The van der Waals surface area contributed by atoms with E-state index in [4.69, 9.17) is 23.7 Å². The molecule has 0 radical (unpaired) electrons. The summed E-state index contributed by atoms with van der Waals surface area (Å²) in [5.74, 6) is 1.46. The number of carbonyl (C=O) groups excluding carboxylic acids is 2. The molecule has 396 valence electrons. The molecule has 0 saturated carbocycles. The van der Waals surface area contributed by atoms with Gasteiger partial charge in [0.25, 0.3) is 16.7 Å². The quantitative estimate of drug-likeness (QED) is 0.121. The second kappa shape index (κ2) is 23.6. The van der Waals surface area contributed by atoms with E-state index < -0.39 is 5.60 Å². The van der Waals surface area contributed by atoms with E-state index in [9.17, 15) is 24.0 Å². The van der Waals surface area contributed by atoms with Crippen molar-refractivity contribution in [2.45, 2.75) is 119 Å². The molecule has 0 N–H and O–H groups in total. The normalized spacial score (nSPS) is 15.1. The van der Waals surface area contributed by atoms with Crippen molar-refractivity contribution in [1.82, 2.24) is 23.5 Å². The number of rotatable bonds is 10. The Morgan fingerprint density at radius 1 is 0.613 bits per heavy atom. The number of ether oxygens (including phenoxy) is 5. The van der Waals surface area contributed by atoms with Gasteiger partial charge in [0.2, 0.25) is 0 Å². The predicted molar refractivity (Wildman–Crippen MR) is 293 cm³/mol. The number of pyridine rings is 3. The van der Waals surface area contributed by atoms with Crippen molar-refractivity contribution in [1.29, 1.82) is 0 Å². The summed E-state index contributed by atoms with van der Waals surface area (Å²) in [5, 5.41) is 3.24. The Morgan fingerprint density at radius 3 is 1.64 bits per heavy atom. The molecule has 0 aliphatic carbocycles. The summed E-state index contributed by atoms with van der Waals surface area (Å²) in [5.41, 5.74) is 9.42. The Labute approximate surface area is 438 Å². The van der Waals surface area contributed by atoms with Gasteiger partial charge in [-0.15, -0.1) is 0 Å². The van der Waals surface area contributed by atoms with E-state index in [-0.39, 0.29) is 41.6 Å². The van der Waals surface area contributed by atoms with Crippen LogP contribution in [0.5, 0.6) is 11.5 Å². The van der Waals surface area contributed by atoms with Crippen molar-refractivity contribution >= 4 is 45.1 Å². The first-order chi connectivity index (χ1) is 35.8. The van der Waals surface area contributed by atoms with Gasteiger partial charge in [-0.25, -0.2) is 4.79 Å². The zero-order valence-corrected chi connectivity index (χ0v) is 44.9. The maximum absolute atomic E-state index is 13.4. The fourth-order valence-electron chi connectivity index (χ4n) is 10.1. The van der Waals surface area contributed by atoms with Crippen LogP contribution in [0.3, 0.4) is 0 Å². The zero-order chi connectivity index (χ0) is 53.6. The lowest BCUT2D eigenvalue weighted by molar-refractivity contribution is -0.108. The third kappa shape index (κ3) is 13.3. The van der Waals surface area contributed by atoms with Crippen molar-refractivity contribution in [3.8, 4) is 11.5 Å². The Balaban J connectivity index is 0.000000175. The number of aromatic nitrogens is 3. The van der Waals surface area contributed by atoms with Crippen molar-refractivity contribution < 1.29 is 33.3 Å². The molecule has 75 heavy (non-hydrogen) atoms. The largest absolute Gasteiger partial charge is 0.486 e. The Kier molecular flexibility index (Phi) is 17.1. The van der Waals surface area contributed by atoms with Crippen LogP contribution in [0.1, 0.15) is 72.6 Å². The summed E-state index contributed by atoms with van der Waals surface area (Å²) in [6, 6.07) is 29.3. The lowest BCUT2D eigenvalue weighted by Gasteiger charge is -2.39. The lowest BCUT2D eigenvalue weighted by atomic mass is 10.0. The van der Waals surface area contributed by atoms with E-state index >= 15 is 0 Å². The van der Waals surface area contributed by atoms with E-state index in [2.05, 4.69) is 42.2 Å². The number of amides is 1. The van der Waals surface area contributed by atoms with Gasteiger partial charge in [-0.05, 0) is 144 Å². The first-order valence-corrected chi connectivity index (χ1v) is 26.0. The summed E-state index contributed by atoms with van der Waals surface area (Å²) >= 11 is 0. The minimum atomic E-state index is -0.578.